The van der Waals surface area contributed by atoms with Crippen molar-refractivity contribution in [3.63, 3.8) is 0 Å². The van der Waals surface area contributed by atoms with Crippen molar-refractivity contribution < 1.29 is 0 Å². The largest absolute Gasteiger partial charge is 0.310 e. The molecule has 2 nitrogen and oxygen atoms in total. The van der Waals surface area contributed by atoms with Gasteiger partial charge in [-0.15, -0.1) is 0 Å². The SMILES string of the molecule is C1=C(c2cncc(-c3ccccc3)c2)C2CC(C1)CN2. The Kier molecular flexibility index (Phi) is 2.89. The summed E-state index contributed by atoms with van der Waals surface area (Å²) in [5.41, 5.74) is 5.13. The Bertz CT molecular complexity index is 645. The molecule has 1 saturated heterocycles. The molecule has 2 bridgehead atoms. The molecule has 1 aromatic carbocycles. The Labute approximate surface area is 119 Å². The minimum Gasteiger partial charge on any atom is -0.310 e. The zero-order valence-electron chi connectivity index (χ0n) is 11.4. The second-order valence-electron chi connectivity index (χ2n) is 5.79. The Hall–Kier alpha value is -1.93. The van der Waals surface area contributed by atoms with Crippen molar-refractivity contribution in [2.75, 3.05) is 6.54 Å². The van der Waals surface area contributed by atoms with E-state index in [1.165, 1.54) is 35.1 Å². The van der Waals surface area contributed by atoms with Gasteiger partial charge in [-0.2, -0.15) is 0 Å². The smallest absolute Gasteiger partial charge is 0.0346 e. The number of benzene rings is 1. The van der Waals surface area contributed by atoms with Crippen LogP contribution in [0.15, 0.2) is 54.9 Å². The van der Waals surface area contributed by atoms with E-state index in [9.17, 15) is 0 Å². The predicted octanol–water partition coefficient (Wildman–Crippen LogP) is 3.51. The number of pyridine rings is 1. The van der Waals surface area contributed by atoms with Crippen molar-refractivity contribution in [3.05, 3.63) is 60.4 Å². The Balaban J connectivity index is 1.72. The van der Waals surface area contributed by atoms with Crippen LogP contribution in [0, 0.1) is 5.92 Å². The van der Waals surface area contributed by atoms with E-state index in [0.717, 1.165) is 12.5 Å². The maximum absolute atomic E-state index is 4.45. The molecule has 1 fully saturated rings. The maximum Gasteiger partial charge on any atom is 0.0346 e. The fraction of sp³-hybridized carbons (Fsp3) is 0.278. The molecule has 2 heteroatoms. The standard InChI is InChI=1S/C18H18N2/c1-2-4-14(5-3-1)15-9-16(12-19-11-15)17-7-6-13-8-18(17)20-10-13/h1-5,7,9,11-13,18,20H,6,8,10H2. The number of nitrogens with one attached hydrogen (secondary N) is 1. The molecule has 2 aromatic rings. The minimum absolute atomic E-state index is 0.529. The average Bonchev–Trinajstić information content (AvgIpc) is 2.90. The number of hydrogen-bond donors (Lipinski definition) is 1. The molecule has 1 aromatic heterocycles. The minimum atomic E-state index is 0.529. The van der Waals surface area contributed by atoms with Gasteiger partial charge in [-0.3, -0.25) is 4.98 Å². The van der Waals surface area contributed by atoms with Crippen molar-refractivity contribution in [2.24, 2.45) is 5.92 Å². The van der Waals surface area contributed by atoms with Gasteiger partial charge in [-0.1, -0.05) is 36.4 Å². The van der Waals surface area contributed by atoms with E-state index in [0.29, 0.717) is 6.04 Å². The quantitative estimate of drug-likeness (QED) is 0.895. The number of aromatic nitrogens is 1. The van der Waals surface area contributed by atoms with E-state index in [-0.39, 0.29) is 0 Å². The van der Waals surface area contributed by atoms with Gasteiger partial charge in [0.2, 0.25) is 0 Å². The van der Waals surface area contributed by atoms with Gasteiger partial charge in [-0.05, 0) is 48.1 Å². The molecule has 0 saturated carbocycles. The number of hydrogen-bond acceptors (Lipinski definition) is 2. The van der Waals surface area contributed by atoms with Gasteiger partial charge in [-0.25, -0.2) is 0 Å². The summed E-state index contributed by atoms with van der Waals surface area (Å²) in [5, 5.41) is 3.63. The first-order valence-corrected chi connectivity index (χ1v) is 7.34. The molecule has 2 unspecified atom stereocenters. The van der Waals surface area contributed by atoms with Gasteiger partial charge in [0, 0.05) is 24.0 Å². The predicted molar refractivity (Wildman–Crippen MR) is 82.2 cm³/mol. The van der Waals surface area contributed by atoms with Crippen molar-refractivity contribution in [1.82, 2.24) is 10.3 Å². The van der Waals surface area contributed by atoms with Crippen LogP contribution in [0.1, 0.15) is 18.4 Å². The number of fused-ring (bicyclic) bond motifs is 2. The van der Waals surface area contributed by atoms with Gasteiger partial charge < -0.3 is 5.32 Å². The van der Waals surface area contributed by atoms with Crippen LogP contribution >= 0.6 is 0 Å². The average molecular weight is 262 g/mol. The Morgan fingerprint density at radius 3 is 2.75 bits per heavy atom. The molecule has 0 spiro atoms. The number of allylic oxidation sites excluding steroid dienone is 1. The molecule has 20 heavy (non-hydrogen) atoms. The van der Waals surface area contributed by atoms with E-state index in [1.54, 1.807) is 0 Å². The Morgan fingerprint density at radius 1 is 1.00 bits per heavy atom. The summed E-state index contributed by atoms with van der Waals surface area (Å²) in [7, 11) is 0. The third kappa shape index (κ3) is 2.06. The first-order chi connectivity index (χ1) is 9.90. The summed E-state index contributed by atoms with van der Waals surface area (Å²) in [6.45, 7) is 1.16. The molecule has 2 atom stereocenters. The number of rotatable bonds is 2. The van der Waals surface area contributed by atoms with E-state index < -0.39 is 0 Å². The molecule has 2 heterocycles. The monoisotopic (exact) mass is 262 g/mol. The normalized spacial score (nSPS) is 24.5. The van der Waals surface area contributed by atoms with Gasteiger partial charge >= 0.3 is 0 Å². The lowest BCUT2D eigenvalue weighted by Gasteiger charge is -2.20. The van der Waals surface area contributed by atoms with Crippen LogP contribution < -0.4 is 5.32 Å². The fourth-order valence-electron chi connectivity index (χ4n) is 3.37. The zero-order chi connectivity index (χ0) is 13.4. The lowest BCUT2D eigenvalue weighted by Crippen LogP contribution is -2.22. The molecule has 1 aliphatic heterocycles. The lowest BCUT2D eigenvalue weighted by molar-refractivity contribution is 0.574. The van der Waals surface area contributed by atoms with E-state index in [2.05, 4.69) is 46.7 Å². The lowest BCUT2D eigenvalue weighted by atomic mass is 9.87. The van der Waals surface area contributed by atoms with Crippen LogP contribution in [0.3, 0.4) is 0 Å². The van der Waals surface area contributed by atoms with Crippen molar-refractivity contribution in [1.29, 1.82) is 0 Å². The summed E-state index contributed by atoms with van der Waals surface area (Å²) in [5.74, 6) is 0.842. The second kappa shape index (κ2) is 4.88. The zero-order valence-corrected chi connectivity index (χ0v) is 11.4. The molecular formula is C18H18N2. The van der Waals surface area contributed by atoms with Gasteiger partial charge in [0.25, 0.3) is 0 Å². The van der Waals surface area contributed by atoms with Crippen LogP contribution in [0.5, 0.6) is 0 Å². The fourth-order valence-corrected chi connectivity index (χ4v) is 3.37. The summed E-state index contributed by atoms with van der Waals surface area (Å²) in [6.07, 6.45) is 8.84. The van der Waals surface area contributed by atoms with Gasteiger partial charge in [0.15, 0.2) is 0 Å². The van der Waals surface area contributed by atoms with Crippen molar-refractivity contribution in [2.45, 2.75) is 18.9 Å². The van der Waals surface area contributed by atoms with Gasteiger partial charge in [0.05, 0.1) is 0 Å². The first kappa shape index (κ1) is 11.9. The molecule has 100 valence electrons. The van der Waals surface area contributed by atoms with E-state index >= 15 is 0 Å². The molecule has 1 N–H and O–H groups in total. The first-order valence-electron chi connectivity index (χ1n) is 7.34. The van der Waals surface area contributed by atoms with Crippen molar-refractivity contribution >= 4 is 5.57 Å². The van der Waals surface area contributed by atoms with Crippen LogP contribution in [-0.4, -0.2) is 17.6 Å². The highest BCUT2D eigenvalue weighted by atomic mass is 15.0. The van der Waals surface area contributed by atoms with Crippen LogP contribution in [0.4, 0.5) is 0 Å². The topological polar surface area (TPSA) is 24.9 Å². The molecule has 1 aliphatic carbocycles. The molecule has 2 aliphatic rings. The summed E-state index contributed by atoms with van der Waals surface area (Å²) >= 11 is 0. The Morgan fingerprint density at radius 2 is 1.85 bits per heavy atom. The number of nitrogens with zero attached hydrogens (tertiary/aromatic N) is 1. The molecular weight excluding hydrogens is 244 g/mol. The van der Waals surface area contributed by atoms with E-state index in [4.69, 9.17) is 0 Å². The van der Waals surface area contributed by atoms with Crippen LogP contribution in [0.25, 0.3) is 16.7 Å². The molecule has 4 rings (SSSR count). The highest BCUT2D eigenvalue weighted by Crippen LogP contribution is 2.35. The third-order valence-electron chi connectivity index (χ3n) is 4.45. The van der Waals surface area contributed by atoms with Crippen molar-refractivity contribution in [3.8, 4) is 11.1 Å². The highest BCUT2D eigenvalue weighted by molar-refractivity contribution is 5.74. The maximum atomic E-state index is 4.45. The van der Waals surface area contributed by atoms with E-state index in [1.807, 2.05) is 18.5 Å². The highest BCUT2D eigenvalue weighted by Gasteiger charge is 2.30. The van der Waals surface area contributed by atoms with Crippen LogP contribution in [0.2, 0.25) is 0 Å². The molecule has 0 amide bonds. The summed E-state index contributed by atoms with van der Waals surface area (Å²) in [4.78, 5) is 4.45. The van der Waals surface area contributed by atoms with Gasteiger partial charge in [0.1, 0.15) is 0 Å². The molecule has 0 radical (unpaired) electrons. The summed E-state index contributed by atoms with van der Waals surface area (Å²) < 4.78 is 0. The summed E-state index contributed by atoms with van der Waals surface area (Å²) in [6, 6.07) is 13.3. The second-order valence-corrected chi connectivity index (χ2v) is 5.79. The van der Waals surface area contributed by atoms with Crippen LogP contribution in [-0.2, 0) is 0 Å². The third-order valence-corrected chi connectivity index (χ3v) is 4.45.